The molecule has 1 saturated carbocycles. The summed E-state index contributed by atoms with van der Waals surface area (Å²) < 4.78 is 56.0. The van der Waals surface area contributed by atoms with E-state index < -0.39 is 16.1 Å². The minimum Gasteiger partial charge on any atom is -0.379 e. The molecule has 236 valence electrons. The number of carbonyl (C=O) groups is 1. The van der Waals surface area contributed by atoms with Gasteiger partial charge in [-0.3, -0.25) is 9.69 Å². The Labute approximate surface area is 256 Å². The van der Waals surface area contributed by atoms with Crippen molar-refractivity contribution < 1.29 is 27.1 Å². The summed E-state index contributed by atoms with van der Waals surface area (Å²) in [7, 11) is -4.09. The number of benzene rings is 1. The van der Waals surface area contributed by atoms with E-state index in [1.54, 1.807) is 22.9 Å². The molecular weight excluding hydrogens is 589 g/mol. The third-order valence-corrected chi connectivity index (χ3v) is 10.8. The lowest BCUT2D eigenvalue weighted by molar-refractivity contribution is 0.0115. The van der Waals surface area contributed by atoms with Crippen LogP contribution in [-0.2, 0) is 19.7 Å². The molecule has 5 heterocycles. The molecule has 3 saturated heterocycles. The number of anilines is 1. The Morgan fingerprint density at radius 1 is 0.909 bits per heavy atom. The molecule has 3 aromatic rings. The number of nitrogens with zero attached hydrogens (tertiary/aromatic N) is 6. The van der Waals surface area contributed by atoms with Gasteiger partial charge in [0.25, 0.3) is 5.91 Å². The lowest BCUT2D eigenvalue weighted by Crippen LogP contribution is -2.49. The van der Waals surface area contributed by atoms with Crippen LogP contribution in [0.5, 0.6) is 0 Å². The first kappa shape index (κ1) is 29.5. The maximum Gasteiger partial charge on any atom is 0.304 e. The van der Waals surface area contributed by atoms with Gasteiger partial charge in [0.1, 0.15) is 11.5 Å². The summed E-state index contributed by atoms with van der Waals surface area (Å²) in [6.07, 6.45) is 5.05. The number of pyridine rings is 1. The van der Waals surface area contributed by atoms with Crippen LogP contribution in [0.25, 0.3) is 16.7 Å². The highest BCUT2D eigenvalue weighted by Gasteiger charge is 2.34. The Balaban J connectivity index is 1.29. The first-order valence-corrected chi connectivity index (χ1v) is 17.0. The SMILES string of the molecule is O=C(NS(=O)(=O)N1CCOCC1)c1cc(N2CCC(N3CCOCC3)CC2)c2c(C3CCC3)nn(-c3ccc(F)cc3)c2n1. The number of ether oxygens (including phenoxy) is 2. The third-order valence-electron chi connectivity index (χ3n) is 9.34. The van der Waals surface area contributed by atoms with Crippen LogP contribution in [0.3, 0.4) is 0 Å². The van der Waals surface area contributed by atoms with Crippen LogP contribution in [0.1, 0.15) is 54.2 Å². The molecule has 1 amide bonds. The molecule has 12 nitrogen and oxygen atoms in total. The smallest absolute Gasteiger partial charge is 0.304 e. The number of piperidine rings is 1. The quantitative estimate of drug-likeness (QED) is 0.421. The average molecular weight is 628 g/mol. The van der Waals surface area contributed by atoms with Gasteiger partial charge in [-0.2, -0.15) is 17.8 Å². The summed E-state index contributed by atoms with van der Waals surface area (Å²) in [5.41, 5.74) is 2.81. The van der Waals surface area contributed by atoms with Gasteiger partial charge in [-0.15, -0.1) is 0 Å². The summed E-state index contributed by atoms with van der Waals surface area (Å²) in [6, 6.07) is 8.19. The Morgan fingerprint density at radius 3 is 2.20 bits per heavy atom. The predicted octanol–water partition coefficient (Wildman–Crippen LogP) is 2.43. The van der Waals surface area contributed by atoms with Crippen LogP contribution in [0.2, 0.25) is 0 Å². The molecule has 1 aliphatic carbocycles. The van der Waals surface area contributed by atoms with Crippen molar-refractivity contribution in [3.8, 4) is 5.69 Å². The highest BCUT2D eigenvalue weighted by molar-refractivity contribution is 7.87. The lowest BCUT2D eigenvalue weighted by atomic mass is 9.82. The predicted molar refractivity (Wildman–Crippen MR) is 162 cm³/mol. The van der Waals surface area contributed by atoms with Crippen molar-refractivity contribution in [2.75, 3.05) is 70.6 Å². The van der Waals surface area contributed by atoms with Crippen molar-refractivity contribution in [1.29, 1.82) is 0 Å². The molecule has 0 radical (unpaired) electrons. The van der Waals surface area contributed by atoms with Crippen LogP contribution in [0.15, 0.2) is 30.3 Å². The summed E-state index contributed by atoms with van der Waals surface area (Å²) in [4.78, 5) is 23.1. The van der Waals surface area contributed by atoms with Crippen molar-refractivity contribution >= 4 is 32.8 Å². The minimum atomic E-state index is -4.09. The van der Waals surface area contributed by atoms with Crippen molar-refractivity contribution in [2.24, 2.45) is 0 Å². The number of nitrogens with one attached hydrogen (secondary N) is 1. The molecule has 0 unspecified atom stereocenters. The highest BCUT2D eigenvalue weighted by atomic mass is 32.2. The zero-order valence-corrected chi connectivity index (χ0v) is 25.5. The Kier molecular flexibility index (Phi) is 8.27. The molecule has 1 N–H and O–H groups in total. The number of hydrogen-bond acceptors (Lipinski definition) is 9. The topological polar surface area (TPSA) is 122 Å². The molecule has 0 bridgehead atoms. The van der Waals surface area contributed by atoms with Gasteiger partial charge in [0.15, 0.2) is 5.65 Å². The molecule has 3 aliphatic heterocycles. The highest BCUT2D eigenvalue weighted by Crippen LogP contribution is 2.43. The van der Waals surface area contributed by atoms with Gasteiger partial charge in [0.05, 0.1) is 48.9 Å². The second kappa shape index (κ2) is 12.3. The largest absolute Gasteiger partial charge is 0.379 e. The van der Waals surface area contributed by atoms with E-state index in [1.807, 2.05) is 0 Å². The van der Waals surface area contributed by atoms with E-state index in [2.05, 4.69) is 14.5 Å². The monoisotopic (exact) mass is 627 g/mol. The number of halogens is 1. The standard InChI is InChI=1S/C30H38FN7O5S/c31-22-4-6-24(7-5-22)38-29-27(28(33-38)21-2-1-3-21)26(36-10-8-23(9-11-36)35-12-16-42-17-13-35)20-25(32-29)30(39)34-44(40,41)37-14-18-43-19-15-37/h4-7,20-21,23H,1-3,8-19H2,(H,34,39). The van der Waals surface area contributed by atoms with Crippen LogP contribution in [0.4, 0.5) is 10.1 Å². The van der Waals surface area contributed by atoms with Gasteiger partial charge in [-0.1, -0.05) is 6.42 Å². The van der Waals surface area contributed by atoms with E-state index in [9.17, 15) is 17.6 Å². The zero-order chi connectivity index (χ0) is 30.3. The van der Waals surface area contributed by atoms with Crippen molar-refractivity contribution in [3.63, 3.8) is 0 Å². The zero-order valence-electron chi connectivity index (χ0n) is 24.7. The van der Waals surface area contributed by atoms with Gasteiger partial charge in [0, 0.05) is 51.2 Å². The number of amides is 1. The molecule has 0 atom stereocenters. The molecular formula is C30H38FN7O5S. The third kappa shape index (κ3) is 5.81. The van der Waals surface area contributed by atoms with E-state index in [-0.39, 0.29) is 43.7 Å². The van der Waals surface area contributed by atoms with E-state index in [4.69, 9.17) is 19.6 Å². The van der Waals surface area contributed by atoms with E-state index >= 15 is 0 Å². The lowest BCUT2D eigenvalue weighted by Gasteiger charge is -2.41. The minimum absolute atomic E-state index is 0.0111. The molecule has 7 rings (SSSR count). The Hall–Kier alpha value is -3.17. The van der Waals surface area contributed by atoms with Crippen molar-refractivity contribution in [1.82, 2.24) is 28.7 Å². The summed E-state index contributed by atoms with van der Waals surface area (Å²) in [6.45, 7) is 5.80. The van der Waals surface area contributed by atoms with Crippen molar-refractivity contribution in [3.05, 3.63) is 47.5 Å². The molecule has 2 aromatic heterocycles. The summed E-state index contributed by atoms with van der Waals surface area (Å²) >= 11 is 0. The fraction of sp³-hybridized carbons (Fsp3) is 0.567. The van der Waals surface area contributed by atoms with Gasteiger partial charge in [0.2, 0.25) is 0 Å². The van der Waals surface area contributed by atoms with Crippen LogP contribution < -0.4 is 9.62 Å². The molecule has 1 aromatic carbocycles. The summed E-state index contributed by atoms with van der Waals surface area (Å²) in [5.74, 6) is -0.915. The fourth-order valence-corrected chi connectivity index (χ4v) is 7.75. The maximum atomic E-state index is 13.9. The molecule has 0 spiro atoms. The van der Waals surface area contributed by atoms with Crippen LogP contribution in [-0.4, -0.2) is 110 Å². The molecule has 4 fully saturated rings. The van der Waals surface area contributed by atoms with Crippen LogP contribution in [0, 0.1) is 5.82 Å². The average Bonchev–Trinajstić information content (AvgIpc) is 3.40. The maximum absolute atomic E-state index is 13.9. The number of aromatic nitrogens is 3. The number of morpholine rings is 2. The van der Waals surface area contributed by atoms with Gasteiger partial charge in [-0.05, 0) is 56.0 Å². The van der Waals surface area contributed by atoms with Gasteiger partial charge >= 0.3 is 10.2 Å². The normalized spacial score (nSPS) is 21.4. The van der Waals surface area contributed by atoms with Gasteiger partial charge in [-0.25, -0.2) is 18.8 Å². The molecule has 14 heteroatoms. The number of rotatable bonds is 7. The van der Waals surface area contributed by atoms with E-state index in [1.165, 1.54) is 16.4 Å². The summed E-state index contributed by atoms with van der Waals surface area (Å²) in [5, 5.41) is 5.89. The van der Waals surface area contributed by atoms with Gasteiger partial charge < -0.3 is 14.4 Å². The second-order valence-corrected chi connectivity index (χ2v) is 13.6. The number of fused-ring (bicyclic) bond motifs is 1. The van der Waals surface area contributed by atoms with E-state index in [0.29, 0.717) is 17.4 Å². The Morgan fingerprint density at radius 2 is 1.57 bits per heavy atom. The first-order chi connectivity index (χ1) is 21.4. The van der Waals surface area contributed by atoms with E-state index in [0.717, 1.165) is 88.3 Å². The molecule has 44 heavy (non-hydrogen) atoms. The van der Waals surface area contributed by atoms with Crippen LogP contribution >= 0.6 is 0 Å². The second-order valence-electron chi connectivity index (χ2n) is 11.9. The van der Waals surface area contributed by atoms with Crippen molar-refractivity contribution in [2.45, 2.75) is 44.1 Å². The number of carbonyl (C=O) groups excluding carboxylic acids is 1. The Bertz CT molecular complexity index is 1610. The molecule has 4 aliphatic rings. The fourth-order valence-electron chi connectivity index (χ4n) is 6.65. The number of hydrogen-bond donors (Lipinski definition) is 1. The first-order valence-electron chi connectivity index (χ1n) is 15.5.